The largest absolute Gasteiger partial charge is 0.373 e. The van der Waals surface area contributed by atoms with Crippen molar-refractivity contribution in [2.45, 2.75) is 51.4 Å². The maximum absolute atomic E-state index is 11.6. The smallest absolute Gasteiger partial charge is 0.248 e. The zero-order valence-electron chi connectivity index (χ0n) is 19.7. The van der Waals surface area contributed by atoms with Crippen LogP contribution in [-0.4, -0.2) is 46.3 Å². The highest BCUT2D eigenvalue weighted by Gasteiger charge is 2.33. The van der Waals surface area contributed by atoms with E-state index in [9.17, 15) is 13.2 Å². The molecule has 2 aromatic carbocycles. The first-order valence-corrected chi connectivity index (χ1v) is 13.2. The van der Waals surface area contributed by atoms with Crippen molar-refractivity contribution in [1.29, 1.82) is 0 Å². The van der Waals surface area contributed by atoms with Gasteiger partial charge in [-0.15, -0.1) is 0 Å². The highest BCUT2D eigenvalue weighted by atomic mass is 32.2. The van der Waals surface area contributed by atoms with Crippen LogP contribution >= 0.6 is 0 Å². The van der Waals surface area contributed by atoms with Gasteiger partial charge in [0.25, 0.3) is 0 Å². The number of benzene rings is 2. The number of nitrogens with two attached hydrogens (primary N) is 1. The molecule has 4 rings (SSSR count). The van der Waals surface area contributed by atoms with Gasteiger partial charge in [-0.05, 0) is 67.5 Å². The van der Waals surface area contributed by atoms with Crippen molar-refractivity contribution >= 4 is 21.6 Å². The lowest BCUT2D eigenvalue weighted by atomic mass is 10.1. The second-order valence-electron chi connectivity index (χ2n) is 9.03. The first kappa shape index (κ1) is 25.2. The lowest BCUT2D eigenvalue weighted by molar-refractivity contribution is 0.0965. The Morgan fingerprint density at radius 1 is 1.18 bits per heavy atom. The molecule has 0 radical (unpaired) electrons. The van der Waals surface area contributed by atoms with Gasteiger partial charge in [0.05, 0.1) is 24.7 Å². The van der Waals surface area contributed by atoms with E-state index in [4.69, 9.17) is 10.5 Å². The molecule has 2 aliphatic rings. The molecule has 2 fully saturated rings. The van der Waals surface area contributed by atoms with Crippen LogP contribution in [0.25, 0.3) is 0 Å². The van der Waals surface area contributed by atoms with Gasteiger partial charge >= 0.3 is 0 Å². The molecule has 33 heavy (non-hydrogen) atoms. The van der Waals surface area contributed by atoms with Gasteiger partial charge in [-0.25, -0.2) is 8.42 Å². The first-order chi connectivity index (χ1) is 15.6. The van der Waals surface area contributed by atoms with E-state index in [1.54, 1.807) is 12.1 Å². The van der Waals surface area contributed by atoms with Gasteiger partial charge in [0.15, 0.2) is 0 Å². The molecule has 1 aliphatic carbocycles. The molecule has 2 unspecified atom stereocenters. The van der Waals surface area contributed by atoms with Crippen LogP contribution in [0.2, 0.25) is 0 Å². The number of nitrogens with one attached hydrogen (secondary N) is 1. The molecule has 3 atom stereocenters. The molecule has 180 valence electrons. The molecule has 3 N–H and O–H groups in total. The lowest BCUT2D eigenvalue weighted by Crippen LogP contribution is -2.25. The van der Waals surface area contributed by atoms with Gasteiger partial charge in [-0.1, -0.05) is 37.3 Å². The molecular weight excluding hydrogens is 438 g/mol. The third-order valence-electron chi connectivity index (χ3n) is 6.11. The van der Waals surface area contributed by atoms with Crippen molar-refractivity contribution in [2.24, 2.45) is 11.7 Å². The van der Waals surface area contributed by atoms with E-state index in [2.05, 4.69) is 42.6 Å². The molecule has 0 bridgehead atoms. The fourth-order valence-electron chi connectivity index (χ4n) is 3.83. The van der Waals surface area contributed by atoms with E-state index in [0.717, 1.165) is 28.6 Å². The summed E-state index contributed by atoms with van der Waals surface area (Å²) in [5.74, 6) is -0.0396. The number of primary amides is 1. The van der Waals surface area contributed by atoms with Crippen LogP contribution in [0.1, 0.15) is 47.7 Å². The zero-order chi connectivity index (χ0) is 24.0. The van der Waals surface area contributed by atoms with Crippen molar-refractivity contribution in [1.82, 2.24) is 5.32 Å². The maximum atomic E-state index is 11.6. The van der Waals surface area contributed by atoms with Crippen LogP contribution in [0, 0.1) is 5.92 Å². The molecule has 8 heteroatoms. The van der Waals surface area contributed by atoms with Crippen molar-refractivity contribution in [2.75, 3.05) is 24.2 Å². The average molecular weight is 474 g/mol. The molecule has 1 saturated carbocycles. The Labute approximate surface area is 197 Å². The number of nitrogens with zero attached hydrogens (tertiary/aromatic N) is 1. The highest BCUT2D eigenvalue weighted by molar-refractivity contribution is 7.92. The average Bonchev–Trinajstić information content (AvgIpc) is 3.24. The van der Waals surface area contributed by atoms with E-state index in [-0.39, 0.29) is 11.7 Å². The molecule has 0 spiro atoms. The predicted molar refractivity (Wildman–Crippen MR) is 132 cm³/mol. The standard InChI is InChI=1S/C14H20N2O4S.C11H15N/c1-9-4-13(9)20-8-10-5-11(14(15)17)7-12(6-10)16(2)21(3,18)19;1-2-5-10(6-3-1)9-11-7-4-8-12-11/h5-7,9,13H,4,8H2,1-3H3,(H2,15,17);1-3,5-6,11-12H,4,7-9H2/t;11-/m.1/s1. The highest BCUT2D eigenvalue weighted by Crippen LogP contribution is 2.33. The number of rotatable bonds is 8. The van der Waals surface area contributed by atoms with Crippen molar-refractivity contribution < 1.29 is 17.9 Å². The fourth-order valence-corrected chi connectivity index (χ4v) is 4.31. The predicted octanol–water partition coefficient (Wildman–Crippen LogP) is 3.09. The minimum absolute atomic E-state index is 0.248. The Morgan fingerprint density at radius 2 is 1.88 bits per heavy atom. The van der Waals surface area contributed by atoms with E-state index in [1.165, 1.54) is 44.5 Å². The van der Waals surface area contributed by atoms with E-state index in [1.807, 2.05) is 0 Å². The molecule has 7 nitrogen and oxygen atoms in total. The third kappa shape index (κ3) is 7.84. The second-order valence-corrected chi connectivity index (χ2v) is 11.0. The van der Waals surface area contributed by atoms with Gasteiger partial charge in [-0.3, -0.25) is 9.10 Å². The number of carbonyl (C=O) groups excluding carboxylic acids is 1. The number of sulfonamides is 1. The minimum atomic E-state index is -3.40. The summed E-state index contributed by atoms with van der Waals surface area (Å²) in [6.45, 7) is 3.64. The Hall–Kier alpha value is -2.42. The summed E-state index contributed by atoms with van der Waals surface area (Å²) in [6.07, 6.45) is 6.27. The van der Waals surface area contributed by atoms with Crippen molar-refractivity contribution in [3.8, 4) is 0 Å². The van der Waals surface area contributed by atoms with Crippen LogP contribution < -0.4 is 15.4 Å². The van der Waals surface area contributed by atoms with Gasteiger partial charge in [-0.2, -0.15) is 0 Å². The normalized spacial score (nSPS) is 21.7. The number of anilines is 1. The van der Waals surface area contributed by atoms with Gasteiger partial charge in [0.1, 0.15) is 0 Å². The number of hydrogen-bond acceptors (Lipinski definition) is 5. The summed E-state index contributed by atoms with van der Waals surface area (Å²) in [4.78, 5) is 11.4. The Morgan fingerprint density at radius 3 is 2.42 bits per heavy atom. The van der Waals surface area contributed by atoms with Crippen LogP contribution in [0.5, 0.6) is 0 Å². The quantitative estimate of drug-likeness (QED) is 0.613. The summed E-state index contributed by atoms with van der Waals surface area (Å²) in [6, 6.07) is 16.2. The Bertz CT molecular complexity index is 1040. The van der Waals surface area contributed by atoms with Crippen LogP contribution in [-0.2, 0) is 27.8 Å². The zero-order valence-corrected chi connectivity index (χ0v) is 20.5. The number of amides is 1. The van der Waals surface area contributed by atoms with Gasteiger partial charge < -0.3 is 15.8 Å². The molecule has 1 saturated heterocycles. The summed E-state index contributed by atoms with van der Waals surface area (Å²) < 4.78 is 30.0. The first-order valence-electron chi connectivity index (χ1n) is 11.4. The van der Waals surface area contributed by atoms with Gasteiger partial charge in [0.2, 0.25) is 15.9 Å². The molecule has 0 aromatic heterocycles. The minimum Gasteiger partial charge on any atom is -0.373 e. The fraction of sp³-hybridized carbons (Fsp3) is 0.480. The maximum Gasteiger partial charge on any atom is 0.248 e. The molecular formula is C25H35N3O4S. The summed E-state index contributed by atoms with van der Waals surface area (Å²) in [5.41, 5.74) is 8.16. The number of hydrogen-bond donors (Lipinski definition) is 2. The molecule has 1 heterocycles. The lowest BCUT2D eigenvalue weighted by Gasteiger charge is -2.18. The summed E-state index contributed by atoms with van der Waals surface area (Å²) >= 11 is 0. The van der Waals surface area contributed by atoms with Crippen LogP contribution in [0.4, 0.5) is 5.69 Å². The van der Waals surface area contributed by atoms with Crippen molar-refractivity contribution in [3.63, 3.8) is 0 Å². The Balaban J connectivity index is 0.000000215. The number of ether oxygens (including phenoxy) is 1. The molecule has 1 aliphatic heterocycles. The van der Waals surface area contributed by atoms with E-state index < -0.39 is 15.9 Å². The third-order valence-corrected chi connectivity index (χ3v) is 7.32. The SMILES string of the molecule is CC1CC1OCc1cc(C(N)=O)cc(N(C)S(C)(=O)=O)c1.c1ccc(C[C@H]2CCCN2)cc1. The summed E-state index contributed by atoms with van der Waals surface area (Å²) in [5, 5.41) is 3.51. The van der Waals surface area contributed by atoms with E-state index in [0.29, 0.717) is 18.2 Å². The van der Waals surface area contributed by atoms with Crippen LogP contribution in [0.15, 0.2) is 48.5 Å². The summed E-state index contributed by atoms with van der Waals surface area (Å²) in [7, 11) is -1.97. The Kier molecular flexibility index (Phi) is 8.51. The molecule has 2 aromatic rings. The monoisotopic (exact) mass is 473 g/mol. The van der Waals surface area contributed by atoms with Crippen LogP contribution in [0.3, 0.4) is 0 Å². The van der Waals surface area contributed by atoms with E-state index >= 15 is 0 Å². The molecule has 1 amide bonds. The number of carbonyl (C=O) groups is 1. The second kappa shape index (κ2) is 11.1. The topological polar surface area (TPSA) is 102 Å². The van der Waals surface area contributed by atoms with Crippen molar-refractivity contribution in [3.05, 3.63) is 65.2 Å². The van der Waals surface area contributed by atoms with Gasteiger partial charge in [0, 0.05) is 18.7 Å².